The molecule has 2 aliphatic rings. The molecular formula is C18H16N2OSi. The monoisotopic (exact) mass is 304 g/mol. The summed E-state index contributed by atoms with van der Waals surface area (Å²) in [7, 11) is -3.27. The maximum absolute atomic E-state index is 6.79. The van der Waals surface area contributed by atoms with Crippen molar-refractivity contribution in [2.24, 2.45) is 0 Å². The van der Waals surface area contributed by atoms with Gasteiger partial charge in [0.2, 0.25) is 0 Å². The first kappa shape index (κ1) is 12.0. The van der Waals surface area contributed by atoms with Gasteiger partial charge in [-0.3, -0.25) is 0 Å². The summed E-state index contributed by atoms with van der Waals surface area (Å²) in [5.41, 5.74) is 2.36. The Morgan fingerprint density at radius 2 is 1.68 bits per heavy atom. The molecule has 3 nitrogen and oxygen atoms in total. The fourth-order valence-corrected chi connectivity index (χ4v) is 9.12. The van der Waals surface area contributed by atoms with Crippen molar-refractivity contribution in [3.05, 3.63) is 78.6 Å². The summed E-state index contributed by atoms with van der Waals surface area (Å²) in [6, 6.07) is 23.2. The minimum absolute atomic E-state index is 0.970. The number of rotatable bonds is 1. The number of hydrogen-bond donors (Lipinski definition) is 0. The first-order valence-electron chi connectivity index (χ1n) is 7.55. The molecule has 0 amide bonds. The first-order chi connectivity index (χ1) is 10.7. The van der Waals surface area contributed by atoms with Crippen LogP contribution in [0.4, 0.5) is 5.69 Å². The molecule has 0 N–H and O–H groups in total. The molecule has 0 fully saturated rings. The van der Waals surface area contributed by atoms with Crippen LogP contribution in [0.5, 0.6) is 5.75 Å². The van der Waals surface area contributed by atoms with Crippen molar-refractivity contribution in [3.8, 4) is 5.75 Å². The van der Waals surface area contributed by atoms with Gasteiger partial charge in [0, 0.05) is 0 Å². The average Bonchev–Trinajstić information content (AvgIpc) is 3.18. The van der Waals surface area contributed by atoms with E-state index in [1.165, 1.54) is 10.9 Å². The summed E-state index contributed by atoms with van der Waals surface area (Å²) in [5.74, 6) is 0.970. The van der Waals surface area contributed by atoms with E-state index in [-0.39, 0.29) is 0 Å². The van der Waals surface area contributed by atoms with Gasteiger partial charge in [0.1, 0.15) is 0 Å². The molecule has 0 saturated heterocycles. The van der Waals surface area contributed by atoms with Crippen LogP contribution in [-0.2, 0) is 0 Å². The quantitative estimate of drug-likeness (QED) is 0.632. The molecule has 5 rings (SSSR count). The number of para-hydroxylation sites is 2. The second-order valence-corrected chi connectivity index (χ2v) is 11.0. The van der Waals surface area contributed by atoms with Crippen LogP contribution in [0, 0.1) is 0 Å². The number of fused-ring (bicyclic) bond motifs is 5. The zero-order chi connectivity index (χ0) is 14.8. The van der Waals surface area contributed by atoms with Gasteiger partial charge in [0.25, 0.3) is 0 Å². The molecule has 0 spiro atoms. The van der Waals surface area contributed by atoms with Gasteiger partial charge in [-0.05, 0) is 0 Å². The summed E-state index contributed by atoms with van der Waals surface area (Å²) < 4.78 is 11.5. The second-order valence-electron chi connectivity index (χ2n) is 6.25. The Morgan fingerprint density at radius 3 is 2.55 bits per heavy atom. The van der Waals surface area contributed by atoms with E-state index in [2.05, 4.69) is 88.1 Å². The molecule has 2 aromatic carbocycles. The number of hydrogen-bond acceptors (Lipinski definition) is 1. The normalized spacial score (nSPS) is 20.8. The summed E-state index contributed by atoms with van der Waals surface area (Å²) in [6.45, 7) is 2.29. The number of aromatic nitrogens is 1. The van der Waals surface area contributed by atoms with Crippen LogP contribution in [0.15, 0.2) is 72.9 Å². The van der Waals surface area contributed by atoms with Gasteiger partial charge in [-0.2, -0.15) is 0 Å². The maximum atomic E-state index is 6.79. The van der Waals surface area contributed by atoms with E-state index in [0.29, 0.717) is 0 Å². The molecule has 22 heavy (non-hydrogen) atoms. The van der Waals surface area contributed by atoms with Gasteiger partial charge in [-0.1, -0.05) is 0 Å². The second kappa shape index (κ2) is 3.59. The van der Waals surface area contributed by atoms with Crippen LogP contribution in [0.25, 0.3) is 0 Å². The van der Waals surface area contributed by atoms with E-state index in [0.717, 1.165) is 11.4 Å². The van der Waals surface area contributed by atoms with Crippen LogP contribution < -0.4 is 9.61 Å². The number of nitrogens with zero attached hydrogens (tertiary/aromatic N) is 2. The van der Waals surface area contributed by atoms with Crippen molar-refractivity contribution >= 4 is 25.0 Å². The van der Waals surface area contributed by atoms with Crippen molar-refractivity contribution in [1.82, 2.24) is 4.23 Å². The molecule has 3 aromatic rings. The Labute approximate surface area is 129 Å². The van der Waals surface area contributed by atoms with Crippen LogP contribution in [-0.4, -0.2) is 22.6 Å². The Bertz CT molecular complexity index is 946. The molecule has 0 unspecified atom stereocenters. The molecule has 4 heteroatoms. The van der Waals surface area contributed by atoms with Crippen molar-refractivity contribution in [3.63, 3.8) is 0 Å². The van der Waals surface area contributed by atoms with Crippen molar-refractivity contribution < 1.29 is 8.67 Å². The van der Waals surface area contributed by atoms with Crippen molar-refractivity contribution in [1.29, 1.82) is 0 Å². The van der Waals surface area contributed by atoms with Gasteiger partial charge in [-0.15, -0.1) is 0 Å². The molecule has 0 saturated carbocycles. The Balaban J connectivity index is 1.93. The van der Waals surface area contributed by atoms with E-state index in [1.807, 2.05) is 6.07 Å². The summed E-state index contributed by atoms with van der Waals surface area (Å²) >= 11 is 0. The topological polar surface area (TPSA) is 17.2 Å². The van der Waals surface area contributed by atoms with E-state index < -0.39 is 7.92 Å². The zero-order valence-corrected chi connectivity index (χ0v) is 13.3. The predicted octanol–water partition coefficient (Wildman–Crippen LogP) is 2.94. The SMILES string of the molecule is C[Si-]12(c3ccccc3)Oc3ccccc3[N+]1=Cc1cccn12. The van der Waals surface area contributed by atoms with Gasteiger partial charge in [0.05, 0.1) is 0 Å². The fraction of sp³-hybridized carbons (Fsp3) is 0.0556. The van der Waals surface area contributed by atoms with Crippen LogP contribution in [0.3, 0.4) is 0 Å². The molecule has 2 aliphatic heterocycles. The molecule has 0 radical (unpaired) electrons. The van der Waals surface area contributed by atoms with Gasteiger partial charge >= 0.3 is 129 Å². The van der Waals surface area contributed by atoms with E-state index in [1.54, 1.807) is 0 Å². The summed E-state index contributed by atoms with van der Waals surface area (Å²) in [4.78, 5) is 0. The molecular weight excluding hydrogens is 288 g/mol. The van der Waals surface area contributed by atoms with Gasteiger partial charge in [0.15, 0.2) is 0 Å². The Morgan fingerprint density at radius 1 is 0.909 bits per heavy atom. The van der Waals surface area contributed by atoms with E-state index in [9.17, 15) is 0 Å². The Hall–Kier alpha value is -2.59. The zero-order valence-electron chi connectivity index (χ0n) is 12.3. The standard InChI is InChI=1S/C18H16N2OSi/c1-22(16-9-3-2-4-10-16)19-13-7-8-15(19)14-20(22)17-11-5-6-12-18(17)21-22/h2-14H,1H3. The van der Waals surface area contributed by atoms with E-state index in [4.69, 9.17) is 4.43 Å². The third-order valence-electron chi connectivity index (χ3n) is 5.09. The molecule has 0 aliphatic carbocycles. The summed E-state index contributed by atoms with van der Waals surface area (Å²) in [6.07, 6.45) is 4.38. The van der Waals surface area contributed by atoms with Gasteiger partial charge < -0.3 is 0 Å². The van der Waals surface area contributed by atoms with Crippen LogP contribution in [0.2, 0.25) is 6.55 Å². The third kappa shape index (κ3) is 1.13. The predicted molar refractivity (Wildman–Crippen MR) is 89.7 cm³/mol. The van der Waals surface area contributed by atoms with Gasteiger partial charge in [-0.25, -0.2) is 0 Å². The van der Waals surface area contributed by atoms with Crippen molar-refractivity contribution in [2.75, 3.05) is 0 Å². The molecule has 1 aromatic heterocycles. The molecule has 3 heterocycles. The minimum atomic E-state index is -3.27. The molecule has 0 bridgehead atoms. The fourth-order valence-electron chi connectivity index (χ4n) is 4.00. The first-order valence-corrected chi connectivity index (χ1v) is 10.4. The van der Waals surface area contributed by atoms with E-state index >= 15 is 0 Å². The Kier molecular flexibility index (Phi) is 1.96. The average molecular weight is 304 g/mol. The molecule has 0 atom stereocenters. The van der Waals surface area contributed by atoms with Crippen molar-refractivity contribution in [2.45, 2.75) is 6.55 Å². The van der Waals surface area contributed by atoms with Crippen LogP contribution in [0.1, 0.15) is 5.69 Å². The summed E-state index contributed by atoms with van der Waals surface area (Å²) in [5, 5.41) is 1.25. The third-order valence-corrected chi connectivity index (χ3v) is 10.5. The molecule has 108 valence electrons. The number of benzene rings is 2. The van der Waals surface area contributed by atoms with Crippen LogP contribution >= 0.6 is 0 Å².